The standard InChI is InChI=1S/C16H21N5O2S/c1-11(12-6-9-23-10-7-12)21(2)16(22)18-15-20-19-14(24-15)13-5-3-4-8-17-13/h3-5,8,11-12H,6-7,9-10H2,1-2H3,(H,18,20,22). The number of pyridine rings is 1. The molecule has 1 N–H and O–H groups in total. The largest absolute Gasteiger partial charge is 0.381 e. The number of hydrogen-bond donors (Lipinski definition) is 1. The number of ether oxygens (including phenoxy) is 1. The number of amides is 2. The van der Waals surface area contributed by atoms with Crippen molar-refractivity contribution in [2.45, 2.75) is 25.8 Å². The van der Waals surface area contributed by atoms with Crippen LogP contribution in [0, 0.1) is 5.92 Å². The van der Waals surface area contributed by atoms with Gasteiger partial charge in [0.25, 0.3) is 0 Å². The maximum absolute atomic E-state index is 12.4. The second-order valence-electron chi connectivity index (χ2n) is 5.86. The number of anilines is 1. The fourth-order valence-corrected chi connectivity index (χ4v) is 3.46. The molecule has 0 aliphatic carbocycles. The Morgan fingerprint density at radius 1 is 1.38 bits per heavy atom. The summed E-state index contributed by atoms with van der Waals surface area (Å²) in [4.78, 5) is 18.4. The molecule has 0 bridgehead atoms. The van der Waals surface area contributed by atoms with Gasteiger partial charge in [0, 0.05) is 32.5 Å². The fourth-order valence-electron chi connectivity index (χ4n) is 2.75. The molecule has 0 radical (unpaired) electrons. The molecule has 2 aromatic rings. The highest BCUT2D eigenvalue weighted by atomic mass is 32.1. The second kappa shape index (κ2) is 7.67. The van der Waals surface area contributed by atoms with Crippen molar-refractivity contribution < 1.29 is 9.53 Å². The van der Waals surface area contributed by atoms with E-state index in [0.717, 1.165) is 31.7 Å². The van der Waals surface area contributed by atoms with Crippen molar-refractivity contribution in [3.8, 4) is 10.7 Å². The number of nitrogens with zero attached hydrogens (tertiary/aromatic N) is 4. The van der Waals surface area contributed by atoms with Gasteiger partial charge in [-0.15, -0.1) is 10.2 Å². The van der Waals surface area contributed by atoms with Crippen LogP contribution in [0.2, 0.25) is 0 Å². The van der Waals surface area contributed by atoms with E-state index >= 15 is 0 Å². The van der Waals surface area contributed by atoms with Crippen LogP contribution in [-0.4, -0.2) is 52.4 Å². The van der Waals surface area contributed by atoms with Crippen molar-refractivity contribution in [2.24, 2.45) is 5.92 Å². The maximum Gasteiger partial charge on any atom is 0.323 e. The van der Waals surface area contributed by atoms with Crippen LogP contribution < -0.4 is 5.32 Å². The van der Waals surface area contributed by atoms with Gasteiger partial charge >= 0.3 is 6.03 Å². The summed E-state index contributed by atoms with van der Waals surface area (Å²) < 4.78 is 5.39. The zero-order chi connectivity index (χ0) is 16.9. The van der Waals surface area contributed by atoms with E-state index in [2.05, 4.69) is 27.4 Å². The number of carbonyl (C=O) groups excluding carboxylic acids is 1. The molecular formula is C16H21N5O2S. The van der Waals surface area contributed by atoms with Gasteiger partial charge in [0.1, 0.15) is 5.69 Å². The first-order valence-electron chi connectivity index (χ1n) is 8.01. The average molecular weight is 347 g/mol. The van der Waals surface area contributed by atoms with Gasteiger partial charge in [0.2, 0.25) is 5.13 Å². The number of aromatic nitrogens is 3. The van der Waals surface area contributed by atoms with Gasteiger partial charge in [-0.3, -0.25) is 10.3 Å². The van der Waals surface area contributed by atoms with E-state index in [-0.39, 0.29) is 12.1 Å². The van der Waals surface area contributed by atoms with Gasteiger partial charge in [-0.05, 0) is 37.8 Å². The van der Waals surface area contributed by atoms with Gasteiger partial charge in [-0.2, -0.15) is 0 Å². The summed E-state index contributed by atoms with van der Waals surface area (Å²) in [6, 6.07) is 5.59. The van der Waals surface area contributed by atoms with Crippen LogP contribution in [-0.2, 0) is 4.74 Å². The van der Waals surface area contributed by atoms with Crippen molar-refractivity contribution in [2.75, 3.05) is 25.6 Å². The van der Waals surface area contributed by atoms with E-state index in [9.17, 15) is 4.79 Å². The van der Waals surface area contributed by atoms with Gasteiger partial charge in [0.15, 0.2) is 5.01 Å². The van der Waals surface area contributed by atoms with E-state index in [1.807, 2.05) is 25.2 Å². The normalized spacial score (nSPS) is 16.6. The molecule has 1 saturated heterocycles. The van der Waals surface area contributed by atoms with Crippen LogP contribution in [0.5, 0.6) is 0 Å². The van der Waals surface area contributed by atoms with E-state index in [1.54, 1.807) is 11.1 Å². The molecule has 128 valence electrons. The molecular weight excluding hydrogens is 326 g/mol. The van der Waals surface area contributed by atoms with Crippen LogP contribution in [0.25, 0.3) is 10.7 Å². The summed E-state index contributed by atoms with van der Waals surface area (Å²) in [7, 11) is 1.82. The Hall–Kier alpha value is -2.06. The Bertz CT molecular complexity index is 672. The van der Waals surface area contributed by atoms with E-state index in [4.69, 9.17) is 4.74 Å². The molecule has 1 atom stereocenters. The molecule has 1 aliphatic rings. The number of hydrogen-bond acceptors (Lipinski definition) is 6. The highest BCUT2D eigenvalue weighted by Crippen LogP contribution is 2.26. The summed E-state index contributed by atoms with van der Waals surface area (Å²) in [6.45, 7) is 3.62. The summed E-state index contributed by atoms with van der Waals surface area (Å²) in [6.07, 6.45) is 3.68. The van der Waals surface area contributed by atoms with Crippen LogP contribution in [0.3, 0.4) is 0 Å². The summed E-state index contributed by atoms with van der Waals surface area (Å²) in [5, 5.41) is 12.1. The zero-order valence-corrected chi connectivity index (χ0v) is 14.6. The Morgan fingerprint density at radius 2 is 2.17 bits per heavy atom. The Labute approximate surface area is 145 Å². The minimum absolute atomic E-state index is 0.150. The van der Waals surface area contributed by atoms with E-state index in [0.29, 0.717) is 16.1 Å². The van der Waals surface area contributed by atoms with Crippen LogP contribution in [0.4, 0.5) is 9.93 Å². The molecule has 0 saturated carbocycles. The molecule has 1 unspecified atom stereocenters. The molecule has 1 fully saturated rings. The molecule has 2 aromatic heterocycles. The first-order valence-corrected chi connectivity index (χ1v) is 8.83. The lowest BCUT2D eigenvalue weighted by Gasteiger charge is -2.33. The summed E-state index contributed by atoms with van der Waals surface area (Å²) in [5.74, 6) is 0.466. The average Bonchev–Trinajstić information content (AvgIpc) is 3.10. The minimum atomic E-state index is -0.169. The molecule has 8 heteroatoms. The van der Waals surface area contributed by atoms with Crippen molar-refractivity contribution in [1.82, 2.24) is 20.1 Å². The number of urea groups is 1. The van der Waals surface area contributed by atoms with Gasteiger partial charge < -0.3 is 9.64 Å². The molecule has 1 aliphatic heterocycles. The smallest absolute Gasteiger partial charge is 0.323 e. The predicted molar refractivity (Wildman–Crippen MR) is 92.9 cm³/mol. The number of nitrogens with one attached hydrogen (secondary N) is 1. The Balaban J connectivity index is 1.61. The van der Waals surface area contributed by atoms with Crippen molar-refractivity contribution in [3.05, 3.63) is 24.4 Å². The monoisotopic (exact) mass is 347 g/mol. The third-order valence-corrected chi connectivity index (χ3v) is 5.26. The van der Waals surface area contributed by atoms with Gasteiger partial charge in [-0.1, -0.05) is 17.4 Å². The number of rotatable bonds is 4. The lowest BCUT2D eigenvalue weighted by atomic mass is 9.92. The molecule has 3 heterocycles. The quantitative estimate of drug-likeness (QED) is 0.920. The van der Waals surface area contributed by atoms with E-state index < -0.39 is 0 Å². The molecule has 3 rings (SSSR count). The van der Waals surface area contributed by atoms with Crippen LogP contribution in [0.15, 0.2) is 24.4 Å². The molecule has 2 amide bonds. The molecule has 24 heavy (non-hydrogen) atoms. The number of carbonyl (C=O) groups is 1. The predicted octanol–water partition coefficient (Wildman–Crippen LogP) is 2.88. The van der Waals surface area contributed by atoms with Crippen molar-refractivity contribution >= 4 is 22.5 Å². The molecule has 0 spiro atoms. The first-order chi connectivity index (χ1) is 11.6. The van der Waals surface area contributed by atoms with Crippen molar-refractivity contribution in [3.63, 3.8) is 0 Å². The molecule has 7 nitrogen and oxygen atoms in total. The maximum atomic E-state index is 12.4. The van der Waals surface area contributed by atoms with E-state index in [1.165, 1.54) is 11.3 Å². The summed E-state index contributed by atoms with van der Waals surface area (Å²) >= 11 is 1.32. The first kappa shape index (κ1) is 16.8. The summed E-state index contributed by atoms with van der Waals surface area (Å²) in [5.41, 5.74) is 0.749. The third-order valence-electron chi connectivity index (χ3n) is 4.40. The van der Waals surface area contributed by atoms with Gasteiger partial charge in [0.05, 0.1) is 0 Å². The topological polar surface area (TPSA) is 80.2 Å². The van der Waals surface area contributed by atoms with Crippen LogP contribution >= 0.6 is 11.3 Å². The third kappa shape index (κ3) is 3.88. The second-order valence-corrected chi connectivity index (χ2v) is 6.84. The highest BCUT2D eigenvalue weighted by molar-refractivity contribution is 7.18. The Morgan fingerprint density at radius 3 is 2.88 bits per heavy atom. The van der Waals surface area contributed by atoms with Crippen molar-refractivity contribution in [1.29, 1.82) is 0 Å². The SMILES string of the molecule is CC(C1CCOCC1)N(C)C(=O)Nc1nnc(-c2ccccn2)s1. The van der Waals surface area contributed by atoms with Crippen LogP contribution in [0.1, 0.15) is 19.8 Å². The lowest BCUT2D eigenvalue weighted by Crippen LogP contribution is -2.43. The Kier molecular flexibility index (Phi) is 5.37. The van der Waals surface area contributed by atoms with Gasteiger partial charge in [-0.25, -0.2) is 4.79 Å². The minimum Gasteiger partial charge on any atom is -0.381 e. The lowest BCUT2D eigenvalue weighted by molar-refractivity contribution is 0.0431. The highest BCUT2D eigenvalue weighted by Gasteiger charge is 2.26. The molecule has 0 aromatic carbocycles. The zero-order valence-electron chi connectivity index (χ0n) is 13.8. The fraction of sp³-hybridized carbons (Fsp3) is 0.500.